The number of hydrogen-bond donors (Lipinski definition) is 1. The lowest BCUT2D eigenvalue weighted by atomic mass is 10.1. The van der Waals surface area contributed by atoms with E-state index >= 15 is 0 Å². The smallest absolute Gasteiger partial charge is 0.118 e. The second-order valence-corrected chi connectivity index (χ2v) is 5.32. The van der Waals surface area contributed by atoms with Crippen LogP contribution < -0.4 is 10.5 Å². The van der Waals surface area contributed by atoms with Gasteiger partial charge in [0.2, 0.25) is 0 Å². The number of rotatable bonds is 4. The molecule has 0 unspecified atom stereocenters. The van der Waals surface area contributed by atoms with Crippen LogP contribution in [-0.4, -0.2) is 24.6 Å². The molecule has 0 saturated heterocycles. The van der Waals surface area contributed by atoms with Crippen LogP contribution in [0, 0.1) is 5.92 Å². The molecule has 1 aliphatic heterocycles. The minimum Gasteiger partial charge on any atom is -0.497 e. The Morgan fingerprint density at radius 3 is 2.68 bits per heavy atom. The zero-order valence-electron chi connectivity index (χ0n) is 11.3. The maximum Gasteiger partial charge on any atom is 0.118 e. The topological polar surface area (TPSA) is 38.5 Å². The second kappa shape index (κ2) is 5.10. The average Bonchev–Trinajstić information content (AvgIpc) is 3.17. The van der Waals surface area contributed by atoms with Crippen LogP contribution in [0.5, 0.6) is 5.75 Å². The molecule has 1 aliphatic carbocycles. The Balaban J connectivity index is 1.66. The Hall–Kier alpha value is -1.74. The molecule has 3 heteroatoms. The van der Waals surface area contributed by atoms with Crippen molar-refractivity contribution in [2.45, 2.75) is 19.0 Å². The number of hydrogen-bond acceptors (Lipinski definition) is 3. The first-order chi connectivity index (χ1) is 9.26. The molecule has 0 radical (unpaired) electrons. The molecule has 3 nitrogen and oxygen atoms in total. The molecule has 2 N–H and O–H groups in total. The highest BCUT2D eigenvalue weighted by atomic mass is 16.5. The van der Waals surface area contributed by atoms with Crippen molar-refractivity contribution in [2.75, 3.05) is 13.7 Å². The van der Waals surface area contributed by atoms with E-state index in [0.717, 1.165) is 25.3 Å². The van der Waals surface area contributed by atoms with Gasteiger partial charge in [-0.05, 0) is 29.7 Å². The molecular formula is C16H20N2O. The summed E-state index contributed by atoms with van der Waals surface area (Å²) < 4.78 is 5.18. The van der Waals surface area contributed by atoms with Crippen LogP contribution >= 0.6 is 0 Å². The molecule has 2 atom stereocenters. The third-order valence-corrected chi connectivity index (χ3v) is 3.79. The second-order valence-electron chi connectivity index (χ2n) is 5.32. The largest absolute Gasteiger partial charge is 0.497 e. The van der Waals surface area contributed by atoms with Gasteiger partial charge < -0.3 is 15.4 Å². The summed E-state index contributed by atoms with van der Waals surface area (Å²) in [5.74, 6) is 1.48. The molecule has 1 saturated carbocycles. The predicted molar refractivity (Wildman–Crippen MR) is 76.7 cm³/mol. The van der Waals surface area contributed by atoms with Crippen LogP contribution in [0.1, 0.15) is 12.0 Å². The van der Waals surface area contributed by atoms with E-state index in [1.54, 1.807) is 7.11 Å². The first-order valence-electron chi connectivity index (χ1n) is 6.77. The van der Waals surface area contributed by atoms with E-state index < -0.39 is 0 Å². The van der Waals surface area contributed by atoms with E-state index in [1.807, 2.05) is 12.1 Å². The Kier molecular flexibility index (Phi) is 3.30. The summed E-state index contributed by atoms with van der Waals surface area (Å²) in [5.41, 5.74) is 8.60. The summed E-state index contributed by atoms with van der Waals surface area (Å²) in [6, 6.07) is 8.63. The maximum absolute atomic E-state index is 5.92. The third kappa shape index (κ3) is 2.82. The van der Waals surface area contributed by atoms with Gasteiger partial charge in [0.25, 0.3) is 0 Å². The van der Waals surface area contributed by atoms with Crippen LogP contribution in [0.4, 0.5) is 0 Å². The number of benzene rings is 1. The summed E-state index contributed by atoms with van der Waals surface area (Å²) in [6.07, 6.45) is 7.85. The van der Waals surface area contributed by atoms with Crippen molar-refractivity contribution in [1.82, 2.24) is 4.90 Å². The van der Waals surface area contributed by atoms with E-state index in [9.17, 15) is 0 Å². The fourth-order valence-electron chi connectivity index (χ4n) is 2.52. The van der Waals surface area contributed by atoms with Crippen LogP contribution in [-0.2, 0) is 6.54 Å². The van der Waals surface area contributed by atoms with Crippen molar-refractivity contribution >= 4 is 0 Å². The average molecular weight is 256 g/mol. The monoisotopic (exact) mass is 256 g/mol. The molecule has 19 heavy (non-hydrogen) atoms. The highest BCUT2D eigenvalue weighted by Gasteiger charge is 2.36. The van der Waals surface area contributed by atoms with Gasteiger partial charge >= 0.3 is 0 Å². The molecule has 1 heterocycles. The standard InChI is InChI=1S/C16H20N2O/c1-19-14-6-4-12(5-7-14)10-18-8-2-3-13(11-18)15-9-16(15)17/h2-7,11,15-16H,8-10,17H2,1H3/t15-,16+/m0/s1. The van der Waals surface area contributed by atoms with Gasteiger partial charge in [-0.1, -0.05) is 24.3 Å². The lowest BCUT2D eigenvalue weighted by Crippen LogP contribution is -2.20. The van der Waals surface area contributed by atoms with Crippen LogP contribution in [0.25, 0.3) is 0 Å². The fourth-order valence-corrected chi connectivity index (χ4v) is 2.52. The van der Waals surface area contributed by atoms with Gasteiger partial charge in [-0.2, -0.15) is 0 Å². The molecule has 1 aromatic carbocycles. The highest BCUT2D eigenvalue weighted by Crippen LogP contribution is 2.37. The molecule has 0 spiro atoms. The van der Waals surface area contributed by atoms with Gasteiger partial charge in [0.15, 0.2) is 0 Å². The Morgan fingerprint density at radius 2 is 2.05 bits per heavy atom. The third-order valence-electron chi connectivity index (χ3n) is 3.79. The van der Waals surface area contributed by atoms with Crippen molar-refractivity contribution in [3.63, 3.8) is 0 Å². The lowest BCUT2D eigenvalue weighted by molar-refractivity contribution is 0.397. The van der Waals surface area contributed by atoms with E-state index in [4.69, 9.17) is 10.5 Å². The highest BCUT2D eigenvalue weighted by molar-refractivity contribution is 5.32. The summed E-state index contributed by atoms with van der Waals surface area (Å²) in [4.78, 5) is 2.34. The summed E-state index contributed by atoms with van der Waals surface area (Å²) in [6.45, 7) is 1.90. The van der Waals surface area contributed by atoms with Crippen molar-refractivity contribution < 1.29 is 4.74 Å². The molecule has 100 valence electrons. The quantitative estimate of drug-likeness (QED) is 0.898. The van der Waals surface area contributed by atoms with Crippen LogP contribution in [0.3, 0.4) is 0 Å². The van der Waals surface area contributed by atoms with E-state index in [1.165, 1.54) is 11.1 Å². The van der Waals surface area contributed by atoms with Gasteiger partial charge in [0.1, 0.15) is 5.75 Å². The van der Waals surface area contributed by atoms with Gasteiger partial charge in [0.05, 0.1) is 7.11 Å². The minimum atomic E-state index is 0.372. The lowest BCUT2D eigenvalue weighted by Gasteiger charge is -2.23. The van der Waals surface area contributed by atoms with E-state index in [-0.39, 0.29) is 0 Å². The number of methoxy groups -OCH3 is 1. The minimum absolute atomic E-state index is 0.372. The first kappa shape index (κ1) is 12.3. The SMILES string of the molecule is COc1ccc(CN2C=C([C@@H]3C[C@H]3N)C=CC2)cc1. The molecular weight excluding hydrogens is 236 g/mol. The normalized spacial score (nSPS) is 25.2. The van der Waals surface area contributed by atoms with Crippen molar-refractivity contribution in [3.8, 4) is 5.75 Å². The summed E-state index contributed by atoms with van der Waals surface area (Å²) in [5, 5.41) is 0. The zero-order valence-corrected chi connectivity index (χ0v) is 11.3. The molecule has 0 amide bonds. The van der Waals surface area contributed by atoms with Gasteiger partial charge in [-0.3, -0.25) is 0 Å². The Morgan fingerprint density at radius 1 is 1.32 bits per heavy atom. The van der Waals surface area contributed by atoms with E-state index in [2.05, 4.69) is 35.4 Å². The number of nitrogens with zero attached hydrogens (tertiary/aromatic N) is 1. The number of nitrogens with two attached hydrogens (primary N) is 1. The molecule has 3 rings (SSSR count). The van der Waals surface area contributed by atoms with Gasteiger partial charge in [0, 0.05) is 31.2 Å². The number of ether oxygens (including phenoxy) is 1. The van der Waals surface area contributed by atoms with Crippen molar-refractivity contribution in [3.05, 3.63) is 53.8 Å². The maximum atomic E-state index is 5.92. The summed E-state index contributed by atoms with van der Waals surface area (Å²) >= 11 is 0. The molecule has 1 aromatic rings. The zero-order chi connectivity index (χ0) is 13.2. The first-order valence-corrected chi connectivity index (χ1v) is 6.77. The van der Waals surface area contributed by atoms with Crippen LogP contribution in [0.15, 0.2) is 48.2 Å². The van der Waals surface area contributed by atoms with Crippen molar-refractivity contribution in [1.29, 1.82) is 0 Å². The Labute approximate surface area is 114 Å². The molecule has 2 aliphatic rings. The van der Waals surface area contributed by atoms with Gasteiger partial charge in [-0.25, -0.2) is 0 Å². The van der Waals surface area contributed by atoms with E-state index in [0.29, 0.717) is 12.0 Å². The van der Waals surface area contributed by atoms with Gasteiger partial charge in [-0.15, -0.1) is 0 Å². The Bertz CT molecular complexity index is 504. The predicted octanol–water partition coefficient (Wildman–Crippen LogP) is 2.30. The van der Waals surface area contributed by atoms with Crippen LogP contribution in [0.2, 0.25) is 0 Å². The van der Waals surface area contributed by atoms with Crippen molar-refractivity contribution in [2.24, 2.45) is 11.7 Å². The molecule has 1 fully saturated rings. The molecule has 0 bridgehead atoms. The number of allylic oxidation sites excluding steroid dienone is 1. The fraction of sp³-hybridized carbons (Fsp3) is 0.375. The molecule has 0 aromatic heterocycles. The summed E-state index contributed by atoms with van der Waals surface area (Å²) in [7, 11) is 1.69.